The molecule has 0 saturated heterocycles. The highest BCUT2D eigenvalue weighted by molar-refractivity contribution is 7.99. The van der Waals surface area contributed by atoms with Crippen molar-refractivity contribution in [3.05, 3.63) is 35.9 Å². The highest BCUT2D eigenvalue weighted by atomic mass is 32.2. The molecule has 0 heterocycles. The van der Waals surface area contributed by atoms with Crippen LogP contribution in [0.3, 0.4) is 0 Å². The minimum atomic E-state index is -2.79. The number of nitrogens with one attached hydrogen (secondary N) is 1. The first kappa shape index (κ1) is 13.5. The van der Waals surface area contributed by atoms with Gasteiger partial charge in [-0.1, -0.05) is 37.3 Å². The number of thioether (sulfide) groups is 1. The Hall–Kier alpha value is -0.610. The maximum atomic E-state index is 13.6. The Labute approximate surface area is 99.6 Å². The fourth-order valence-electron chi connectivity index (χ4n) is 1.30. The second kappa shape index (κ2) is 6.21. The lowest BCUT2D eigenvalue weighted by Gasteiger charge is -2.18. The number of halogens is 2. The summed E-state index contributed by atoms with van der Waals surface area (Å²) in [5.74, 6) is -2.79. The van der Waals surface area contributed by atoms with Crippen LogP contribution >= 0.6 is 11.8 Å². The highest BCUT2D eigenvalue weighted by Gasteiger charge is 2.30. The molecule has 1 aromatic rings. The van der Waals surface area contributed by atoms with Gasteiger partial charge in [0.25, 0.3) is 5.92 Å². The summed E-state index contributed by atoms with van der Waals surface area (Å²) in [7, 11) is 0. The first-order valence-corrected chi connectivity index (χ1v) is 6.52. The fourth-order valence-corrected chi connectivity index (χ4v) is 1.58. The third-order valence-corrected chi connectivity index (χ3v) is 3.35. The lowest BCUT2D eigenvalue weighted by atomic mass is 10.1. The Morgan fingerprint density at radius 2 is 1.94 bits per heavy atom. The Kier molecular flexibility index (Phi) is 5.22. The van der Waals surface area contributed by atoms with Gasteiger partial charge in [0.15, 0.2) is 0 Å². The van der Waals surface area contributed by atoms with Crippen LogP contribution in [0.1, 0.15) is 12.5 Å². The predicted octanol–water partition coefficient (Wildman–Crippen LogP) is 3.12. The van der Waals surface area contributed by atoms with Gasteiger partial charge in [-0.25, -0.2) is 0 Å². The maximum Gasteiger partial charge on any atom is 0.285 e. The van der Waals surface area contributed by atoms with Crippen molar-refractivity contribution in [1.82, 2.24) is 5.32 Å². The van der Waals surface area contributed by atoms with Crippen LogP contribution in [0.25, 0.3) is 0 Å². The van der Waals surface area contributed by atoms with Crippen molar-refractivity contribution in [3.8, 4) is 0 Å². The summed E-state index contributed by atoms with van der Waals surface area (Å²) in [5, 5.41) is 3.16. The van der Waals surface area contributed by atoms with Crippen molar-refractivity contribution >= 4 is 11.8 Å². The van der Waals surface area contributed by atoms with Gasteiger partial charge < -0.3 is 5.32 Å². The number of benzene rings is 1. The first-order chi connectivity index (χ1) is 7.56. The summed E-state index contributed by atoms with van der Waals surface area (Å²) in [6.45, 7) is 2.31. The molecule has 0 aliphatic carbocycles. The van der Waals surface area contributed by atoms with Crippen molar-refractivity contribution < 1.29 is 8.78 Å². The van der Waals surface area contributed by atoms with E-state index < -0.39 is 5.92 Å². The Morgan fingerprint density at radius 3 is 2.50 bits per heavy atom. The predicted molar refractivity (Wildman–Crippen MR) is 66.2 cm³/mol. The van der Waals surface area contributed by atoms with E-state index in [1.165, 1.54) is 12.1 Å². The third kappa shape index (κ3) is 4.10. The molecular weight excluding hydrogens is 228 g/mol. The zero-order valence-electron chi connectivity index (χ0n) is 9.54. The van der Waals surface area contributed by atoms with Gasteiger partial charge in [-0.15, -0.1) is 0 Å². The van der Waals surface area contributed by atoms with Crippen LogP contribution in [-0.2, 0) is 5.92 Å². The zero-order chi connectivity index (χ0) is 12.0. The van der Waals surface area contributed by atoms with E-state index in [2.05, 4.69) is 5.32 Å². The molecule has 0 amide bonds. The lowest BCUT2D eigenvalue weighted by Crippen LogP contribution is -2.34. The zero-order valence-corrected chi connectivity index (χ0v) is 10.4. The lowest BCUT2D eigenvalue weighted by molar-refractivity contribution is -0.00281. The van der Waals surface area contributed by atoms with Gasteiger partial charge in [0.05, 0.1) is 6.54 Å². The average molecular weight is 245 g/mol. The smallest absolute Gasteiger partial charge is 0.285 e. The quantitative estimate of drug-likeness (QED) is 0.826. The Bertz CT molecular complexity index is 303. The van der Waals surface area contributed by atoms with Gasteiger partial charge in [-0.3, -0.25) is 0 Å². The molecule has 0 spiro atoms. The van der Waals surface area contributed by atoms with Gasteiger partial charge in [0.2, 0.25) is 0 Å². The maximum absolute atomic E-state index is 13.6. The summed E-state index contributed by atoms with van der Waals surface area (Å²) >= 11 is 1.66. The third-order valence-electron chi connectivity index (χ3n) is 2.38. The van der Waals surface area contributed by atoms with E-state index in [0.29, 0.717) is 11.8 Å². The molecule has 1 nitrogen and oxygen atoms in total. The fraction of sp³-hybridized carbons (Fsp3) is 0.500. The molecule has 1 aromatic carbocycles. The molecule has 0 fully saturated rings. The summed E-state index contributed by atoms with van der Waals surface area (Å²) in [4.78, 5) is 0. The van der Waals surface area contributed by atoms with Crippen LogP contribution in [0.4, 0.5) is 8.78 Å². The van der Waals surface area contributed by atoms with Crippen molar-refractivity contribution in [1.29, 1.82) is 0 Å². The molecule has 0 bridgehead atoms. The number of rotatable bonds is 6. The molecule has 1 unspecified atom stereocenters. The van der Waals surface area contributed by atoms with E-state index in [-0.39, 0.29) is 12.1 Å². The molecule has 4 heteroatoms. The topological polar surface area (TPSA) is 12.0 Å². The van der Waals surface area contributed by atoms with Crippen LogP contribution in [0, 0.1) is 0 Å². The van der Waals surface area contributed by atoms with Crippen molar-refractivity contribution in [3.63, 3.8) is 0 Å². The van der Waals surface area contributed by atoms with Crippen LogP contribution in [0.2, 0.25) is 0 Å². The molecule has 0 aromatic heterocycles. The molecule has 1 atom stereocenters. The minimum absolute atomic E-state index is 0.0688. The van der Waals surface area contributed by atoms with E-state index in [0.717, 1.165) is 0 Å². The highest BCUT2D eigenvalue weighted by Crippen LogP contribution is 2.26. The summed E-state index contributed by atoms with van der Waals surface area (Å²) in [6, 6.07) is 7.92. The van der Waals surface area contributed by atoms with E-state index in [1.54, 1.807) is 30.0 Å². The van der Waals surface area contributed by atoms with Crippen LogP contribution in [0.15, 0.2) is 30.3 Å². The summed E-state index contributed by atoms with van der Waals surface area (Å²) in [6.07, 6.45) is 1.97. The SMILES string of the molecule is CSC(C)CNCC(F)(F)c1ccccc1. The summed E-state index contributed by atoms with van der Waals surface area (Å²) < 4.78 is 27.3. The van der Waals surface area contributed by atoms with Gasteiger partial charge >= 0.3 is 0 Å². The molecule has 90 valence electrons. The molecule has 0 saturated carbocycles. The molecule has 0 aliphatic rings. The molecule has 0 radical (unpaired) electrons. The van der Waals surface area contributed by atoms with Crippen LogP contribution in [0.5, 0.6) is 0 Å². The Morgan fingerprint density at radius 1 is 1.31 bits per heavy atom. The number of alkyl halides is 2. The normalized spacial score (nSPS) is 13.8. The minimum Gasteiger partial charge on any atom is -0.310 e. The van der Waals surface area contributed by atoms with Crippen molar-refractivity contribution in [2.24, 2.45) is 0 Å². The molecule has 1 rings (SSSR count). The number of hydrogen-bond donors (Lipinski definition) is 1. The van der Waals surface area contributed by atoms with Crippen molar-refractivity contribution in [2.45, 2.75) is 18.1 Å². The van der Waals surface area contributed by atoms with Crippen LogP contribution in [-0.4, -0.2) is 24.6 Å². The van der Waals surface area contributed by atoms with E-state index in [1.807, 2.05) is 13.2 Å². The first-order valence-electron chi connectivity index (χ1n) is 5.23. The van der Waals surface area contributed by atoms with E-state index >= 15 is 0 Å². The Balaban J connectivity index is 2.46. The van der Waals surface area contributed by atoms with Crippen LogP contribution < -0.4 is 5.32 Å². The molecule has 16 heavy (non-hydrogen) atoms. The second-order valence-electron chi connectivity index (χ2n) is 3.75. The van der Waals surface area contributed by atoms with Gasteiger partial charge in [-0.2, -0.15) is 20.5 Å². The number of hydrogen-bond acceptors (Lipinski definition) is 2. The second-order valence-corrected chi connectivity index (χ2v) is 5.02. The summed E-state index contributed by atoms with van der Waals surface area (Å²) in [5.41, 5.74) is 0.0688. The van der Waals surface area contributed by atoms with Gasteiger partial charge in [-0.05, 0) is 6.26 Å². The monoisotopic (exact) mass is 245 g/mol. The van der Waals surface area contributed by atoms with Gasteiger partial charge in [0.1, 0.15) is 0 Å². The van der Waals surface area contributed by atoms with Gasteiger partial charge in [0, 0.05) is 17.4 Å². The van der Waals surface area contributed by atoms with Crippen molar-refractivity contribution in [2.75, 3.05) is 19.3 Å². The largest absolute Gasteiger partial charge is 0.310 e. The molecular formula is C12H17F2NS. The standard InChI is InChI=1S/C12H17F2NS/c1-10(16-2)8-15-9-12(13,14)11-6-4-3-5-7-11/h3-7,10,15H,8-9H2,1-2H3. The molecule has 1 N–H and O–H groups in total. The molecule has 0 aliphatic heterocycles. The van der Waals surface area contributed by atoms with E-state index in [9.17, 15) is 8.78 Å². The average Bonchev–Trinajstić information content (AvgIpc) is 2.30. The van der Waals surface area contributed by atoms with E-state index in [4.69, 9.17) is 0 Å².